The third-order valence-electron chi connectivity index (χ3n) is 3.40. The molecular formula is C14H11NOS. The summed E-state index contributed by atoms with van der Waals surface area (Å²) in [7, 11) is 0. The van der Waals surface area contributed by atoms with E-state index in [1.54, 1.807) is 11.3 Å². The van der Waals surface area contributed by atoms with E-state index in [-0.39, 0.29) is 5.92 Å². The van der Waals surface area contributed by atoms with Gasteiger partial charge >= 0.3 is 0 Å². The van der Waals surface area contributed by atoms with Crippen LogP contribution in [0.3, 0.4) is 0 Å². The molecule has 1 aliphatic rings. The molecule has 0 aliphatic heterocycles. The Morgan fingerprint density at radius 3 is 3.12 bits per heavy atom. The number of carbonyl (C=O) groups is 1. The largest absolute Gasteiger partial charge is 0.303 e. The lowest BCUT2D eigenvalue weighted by molar-refractivity contribution is -0.109. The number of carbonyl (C=O) groups excluding carboxylic acids is 1. The van der Waals surface area contributed by atoms with Crippen LogP contribution in [0.2, 0.25) is 0 Å². The lowest BCUT2D eigenvalue weighted by atomic mass is 9.89. The Labute approximate surface area is 103 Å². The van der Waals surface area contributed by atoms with Crippen LogP contribution in [-0.4, -0.2) is 6.29 Å². The number of aryl methyl sites for hydroxylation is 1. The fraction of sp³-hybridized carbons (Fsp3) is 0.286. The number of nitrogens with zero attached hydrogens (tertiary/aromatic N) is 1. The molecule has 0 unspecified atom stereocenters. The minimum Gasteiger partial charge on any atom is -0.303 e. The second-order valence-electron chi connectivity index (χ2n) is 4.40. The first-order valence-corrected chi connectivity index (χ1v) is 6.56. The van der Waals surface area contributed by atoms with Crippen LogP contribution in [0.15, 0.2) is 18.2 Å². The van der Waals surface area contributed by atoms with Crippen LogP contribution in [0.1, 0.15) is 34.8 Å². The summed E-state index contributed by atoms with van der Waals surface area (Å²) >= 11 is 1.68. The Morgan fingerprint density at radius 1 is 1.47 bits per heavy atom. The minimum absolute atomic E-state index is 0.0710. The smallest absolute Gasteiger partial charge is 0.128 e. The van der Waals surface area contributed by atoms with Crippen LogP contribution < -0.4 is 0 Å². The van der Waals surface area contributed by atoms with Crippen molar-refractivity contribution in [2.75, 3.05) is 0 Å². The topological polar surface area (TPSA) is 40.9 Å². The van der Waals surface area contributed by atoms with Gasteiger partial charge in [-0.15, -0.1) is 11.3 Å². The maximum atomic E-state index is 11.1. The van der Waals surface area contributed by atoms with Crippen LogP contribution in [0.4, 0.5) is 0 Å². The molecule has 0 radical (unpaired) electrons. The van der Waals surface area contributed by atoms with E-state index >= 15 is 0 Å². The zero-order chi connectivity index (χ0) is 11.8. The lowest BCUT2D eigenvalue weighted by Gasteiger charge is -2.16. The molecule has 1 heterocycles. The average Bonchev–Trinajstić information content (AvgIpc) is 2.75. The van der Waals surface area contributed by atoms with Gasteiger partial charge in [-0.05, 0) is 42.3 Å². The molecule has 17 heavy (non-hydrogen) atoms. The molecule has 1 aromatic heterocycles. The Balaban J connectivity index is 2.26. The fourth-order valence-corrected chi connectivity index (χ4v) is 3.94. The highest BCUT2D eigenvalue weighted by molar-refractivity contribution is 7.19. The van der Waals surface area contributed by atoms with Crippen molar-refractivity contribution in [1.82, 2.24) is 0 Å². The van der Waals surface area contributed by atoms with Gasteiger partial charge in [-0.25, -0.2) is 0 Å². The van der Waals surface area contributed by atoms with E-state index in [0.717, 1.165) is 30.2 Å². The average molecular weight is 241 g/mol. The van der Waals surface area contributed by atoms with Crippen molar-refractivity contribution < 1.29 is 4.79 Å². The lowest BCUT2D eigenvalue weighted by Crippen LogP contribution is -2.07. The molecule has 3 heteroatoms. The number of nitriles is 1. The summed E-state index contributed by atoms with van der Waals surface area (Å²) in [6.07, 6.45) is 4.18. The fourth-order valence-electron chi connectivity index (χ4n) is 2.56. The maximum Gasteiger partial charge on any atom is 0.128 e. The van der Waals surface area contributed by atoms with Crippen molar-refractivity contribution in [1.29, 1.82) is 5.26 Å². The zero-order valence-corrected chi connectivity index (χ0v) is 10.1. The summed E-state index contributed by atoms with van der Waals surface area (Å²) in [6.45, 7) is 0. The van der Waals surface area contributed by atoms with Crippen LogP contribution in [-0.2, 0) is 11.2 Å². The summed E-state index contributed by atoms with van der Waals surface area (Å²) in [4.78, 5) is 12.3. The Hall–Kier alpha value is -1.66. The number of hydrogen-bond acceptors (Lipinski definition) is 3. The van der Waals surface area contributed by atoms with Gasteiger partial charge in [0.05, 0.1) is 11.6 Å². The molecule has 1 aromatic carbocycles. The monoisotopic (exact) mass is 241 g/mol. The Morgan fingerprint density at radius 2 is 2.35 bits per heavy atom. The molecule has 0 saturated carbocycles. The molecule has 1 atom stereocenters. The van der Waals surface area contributed by atoms with Gasteiger partial charge in [-0.3, -0.25) is 0 Å². The third-order valence-corrected chi connectivity index (χ3v) is 4.72. The normalized spacial score (nSPS) is 18.6. The van der Waals surface area contributed by atoms with Crippen molar-refractivity contribution in [3.8, 4) is 6.07 Å². The molecule has 2 aromatic rings. The van der Waals surface area contributed by atoms with E-state index in [4.69, 9.17) is 5.26 Å². The first-order valence-electron chi connectivity index (χ1n) is 5.74. The van der Waals surface area contributed by atoms with E-state index in [2.05, 4.69) is 6.07 Å². The summed E-state index contributed by atoms with van der Waals surface area (Å²) in [5.74, 6) is 0.0710. The van der Waals surface area contributed by atoms with Gasteiger partial charge in [0.15, 0.2) is 0 Å². The number of aldehydes is 1. The zero-order valence-electron chi connectivity index (χ0n) is 9.27. The van der Waals surface area contributed by atoms with E-state index in [9.17, 15) is 4.79 Å². The molecule has 84 valence electrons. The molecule has 0 fully saturated rings. The number of fused-ring (bicyclic) bond motifs is 3. The highest BCUT2D eigenvalue weighted by Gasteiger charge is 2.24. The summed E-state index contributed by atoms with van der Waals surface area (Å²) in [6, 6.07) is 7.98. The quantitative estimate of drug-likeness (QED) is 0.718. The third kappa shape index (κ3) is 1.57. The van der Waals surface area contributed by atoms with Crippen molar-refractivity contribution >= 4 is 27.7 Å². The Kier molecular flexibility index (Phi) is 2.45. The summed E-state index contributed by atoms with van der Waals surface area (Å²) in [5.41, 5.74) is 2.02. The minimum atomic E-state index is 0.0710. The molecule has 1 aliphatic carbocycles. The maximum absolute atomic E-state index is 11.1. The molecule has 2 nitrogen and oxygen atoms in total. The van der Waals surface area contributed by atoms with Gasteiger partial charge in [-0.1, -0.05) is 6.07 Å². The van der Waals surface area contributed by atoms with E-state index in [1.165, 1.54) is 15.8 Å². The predicted octanol–water partition coefficient (Wildman–Crippen LogP) is 3.39. The number of thiophene rings is 1. The standard InChI is InChI=1S/C14H11NOS/c15-7-9-4-5-11-12-3-1-2-10(8-16)14(12)17-13(11)6-9/h4-6,8,10H,1-3H2/t10-/m1/s1. The molecular weight excluding hydrogens is 230 g/mol. The molecule has 0 bridgehead atoms. The van der Waals surface area contributed by atoms with Crippen molar-refractivity contribution in [3.63, 3.8) is 0 Å². The van der Waals surface area contributed by atoms with Crippen LogP contribution in [0, 0.1) is 11.3 Å². The molecule has 0 saturated heterocycles. The van der Waals surface area contributed by atoms with Gasteiger partial charge in [-0.2, -0.15) is 5.26 Å². The second-order valence-corrected chi connectivity index (χ2v) is 5.49. The highest BCUT2D eigenvalue weighted by Crippen LogP contribution is 2.41. The van der Waals surface area contributed by atoms with Crippen molar-refractivity contribution in [2.45, 2.75) is 25.2 Å². The van der Waals surface area contributed by atoms with Crippen molar-refractivity contribution in [3.05, 3.63) is 34.2 Å². The van der Waals surface area contributed by atoms with E-state index in [0.29, 0.717) is 5.56 Å². The first-order chi connectivity index (χ1) is 8.33. The van der Waals surface area contributed by atoms with Gasteiger partial charge in [0.2, 0.25) is 0 Å². The molecule has 0 amide bonds. The first kappa shape index (κ1) is 10.5. The highest BCUT2D eigenvalue weighted by atomic mass is 32.1. The van der Waals surface area contributed by atoms with E-state index in [1.807, 2.05) is 18.2 Å². The van der Waals surface area contributed by atoms with E-state index < -0.39 is 0 Å². The predicted molar refractivity (Wildman–Crippen MR) is 68.3 cm³/mol. The van der Waals surface area contributed by atoms with Gasteiger partial charge in [0.1, 0.15) is 6.29 Å². The molecule has 3 rings (SSSR count). The van der Waals surface area contributed by atoms with Gasteiger partial charge in [0.25, 0.3) is 0 Å². The van der Waals surface area contributed by atoms with Crippen molar-refractivity contribution in [2.24, 2.45) is 0 Å². The number of rotatable bonds is 1. The summed E-state index contributed by atoms with van der Waals surface area (Å²) in [5, 5.41) is 10.1. The van der Waals surface area contributed by atoms with Gasteiger partial charge in [0, 0.05) is 15.5 Å². The molecule has 0 spiro atoms. The SMILES string of the molecule is N#Cc1ccc2c3c(sc2c1)[C@@H](C=O)CCC3. The second kappa shape index (κ2) is 3.97. The van der Waals surface area contributed by atoms with Crippen LogP contribution in [0.25, 0.3) is 10.1 Å². The van der Waals surface area contributed by atoms with Gasteiger partial charge < -0.3 is 4.79 Å². The number of benzene rings is 1. The molecule has 0 N–H and O–H groups in total. The Bertz CT molecular complexity index is 635. The number of hydrogen-bond donors (Lipinski definition) is 0. The summed E-state index contributed by atoms with van der Waals surface area (Å²) < 4.78 is 1.14. The van der Waals surface area contributed by atoms with Crippen LogP contribution in [0.5, 0.6) is 0 Å². The van der Waals surface area contributed by atoms with Crippen LogP contribution >= 0.6 is 11.3 Å².